The zero-order valence-corrected chi connectivity index (χ0v) is 18.1. The van der Waals surface area contributed by atoms with Gasteiger partial charge in [-0.2, -0.15) is 0 Å². The highest BCUT2D eigenvalue weighted by Gasteiger charge is 2.10. The average molecular weight is 412 g/mol. The highest BCUT2D eigenvalue weighted by atomic mass is 16.5. The van der Waals surface area contributed by atoms with Crippen molar-refractivity contribution < 1.29 is 19.4 Å². The largest absolute Gasteiger partial charge is 0.507 e. The molecule has 1 N–H and O–H groups in total. The molecule has 2 aromatic rings. The summed E-state index contributed by atoms with van der Waals surface area (Å²) in [6.07, 6.45) is 11.7. The highest BCUT2D eigenvalue weighted by Crippen LogP contribution is 2.23. The Morgan fingerprint density at radius 1 is 0.933 bits per heavy atom. The van der Waals surface area contributed by atoms with Crippen molar-refractivity contribution >= 4 is 12.2 Å². The van der Waals surface area contributed by atoms with Crippen molar-refractivity contribution in [2.75, 3.05) is 13.7 Å². The van der Waals surface area contributed by atoms with Crippen LogP contribution in [0, 0.1) is 0 Å². The topological polar surface area (TPSA) is 68.1 Å². The summed E-state index contributed by atoms with van der Waals surface area (Å²) >= 11 is 0. The molecule has 0 bridgehead atoms. The standard InChI is InChI=1S/C25H33NO4/c1-3-4-5-6-7-8-9-10-17-29-22-14-11-20(12-15-22)25(28)30-23-16-13-21(19-26-2)24(27)18-23/h11-16,18-19,27H,3-10,17H2,1-2H3. The molecule has 0 aromatic heterocycles. The predicted octanol–water partition coefficient (Wildman–Crippen LogP) is 6.18. The van der Waals surface area contributed by atoms with Gasteiger partial charge in [-0.15, -0.1) is 0 Å². The molecule has 30 heavy (non-hydrogen) atoms. The minimum Gasteiger partial charge on any atom is -0.507 e. The number of aromatic hydroxyl groups is 1. The summed E-state index contributed by atoms with van der Waals surface area (Å²) in [6, 6.07) is 11.6. The third kappa shape index (κ3) is 8.27. The lowest BCUT2D eigenvalue weighted by molar-refractivity contribution is 0.0734. The van der Waals surface area contributed by atoms with E-state index in [0.29, 0.717) is 17.7 Å². The number of carbonyl (C=O) groups excluding carboxylic acids is 1. The molecule has 2 rings (SSSR count). The first-order valence-corrected chi connectivity index (χ1v) is 10.8. The lowest BCUT2D eigenvalue weighted by Gasteiger charge is -2.08. The fourth-order valence-electron chi connectivity index (χ4n) is 3.11. The summed E-state index contributed by atoms with van der Waals surface area (Å²) < 4.78 is 11.1. The molecule has 0 aliphatic rings. The van der Waals surface area contributed by atoms with E-state index in [-0.39, 0.29) is 11.5 Å². The van der Waals surface area contributed by atoms with Gasteiger partial charge in [-0.3, -0.25) is 4.99 Å². The molecule has 0 aliphatic heterocycles. The van der Waals surface area contributed by atoms with Crippen molar-refractivity contribution in [3.05, 3.63) is 53.6 Å². The second-order valence-corrected chi connectivity index (χ2v) is 7.35. The molecule has 0 saturated heterocycles. The molecule has 0 unspecified atom stereocenters. The SMILES string of the molecule is CCCCCCCCCCOc1ccc(C(=O)Oc2ccc(C=NC)c(O)c2)cc1. The Morgan fingerprint density at radius 3 is 2.20 bits per heavy atom. The summed E-state index contributed by atoms with van der Waals surface area (Å²) in [5, 5.41) is 9.93. The average Bonchev–Trinajstić information content (AvgIpc) is 2.75. The van der Waals surface area contributed by atoms with Crippen molar-refractivity contribution in [1.82, 2.24) is 0 Å². The monoisotopic (exact) mass is 411 g/mol. The van der Waals surface area contributed by atoms with Gasteiger partial charge in [0, 0.05) is 24.9 Å². The number of hydrogen-bond donors (Lipinski definition) is 1. The number of phenols is 1. The molecule has 2 aromatic carbocycles. The van der Waals surface area contributed by atoms with Crippen LogP contribution in [0.3, 0.4) is 0 Å². The van der Waals surface area contributed by atoms with Gasteiger partial charge in [-0.05, 0) is 42.8 Å². The number of unbranched alkanes of at least 4 members (excludes halogenated alkanes) is 7. The second-order valence-electron chi connectivity index (χ2n) is 7.35. The van der Waals surface area contributed by atoms with E-state index in [0.717, 1.165) is 12.2 Å². The summed E-state index contributed by atoms with van der Waals surface area (Å²) in [4.78, 5) is 16.2. The maximum atomic E-state index is 12.3. The fraction of sp³-hybridized carbons (Fsp3) is 0.440. The van der Waals surface area contributed by atoms with E-state index in [4.69, 9.17) is 9.47 Å². The van der Waals surface area contributed by atoms with Gasteiger partial charge >= 0.3 is 5.97 Å². The molecule has 0 heterocycles. The number of esters is 1. The van der Waals surface area contributed by atoms with E-state index in [1.54, 1.807) is 43.4 Å². The van der Waals surface area contributed by atoms with Gasteiger partial charge in [0.05, 0.1) is 12.2 Å². The second kappa shape index (κ2) is 13.4. The molecule has 162 valence electrons. The van der Waals surface area contributed by atoms with Crippen molar-refractivity contribution in [3.8, 4) is 17.2 Å². The number of carbonyl (C=O) groups is 1. The minimum atomic E-state index is -0.485. The van der Waals surface area contributed by atoms with Crippen LogP contribution in [0.25, 0.3) is 0 Å². The smallest absolute Gasteiger partial charge is 0.343 e. The molecule has 0 spiro atoms. The molecule has 0 atom stereocenters. The molecule has 0 radical (unpaired) electrons. The van der Waals surface area contributed by atoms with Crippen molar-refractivity contribution in [2.24, 2.45) is 4.99 Å². The van der Waals surface area contributed by atoms with E-state index < -0.39 is 5.97 Å². The normalized spacial score (nSPS) is 11.0. The lowest BCUT2D eigenvalue weighted by Crippen LogP contribution is -2.08. The Labute approximate surface area is 179 Å². The summed E-state index contributed by atoms with van der Waals surface area (Å²) in [7, 11) is 1.62. The Hall–Kier alpha value is -2.82. The third-order valence-electron chi connectivity index (χ3n) is 4.84. The zero-order chi connectivity index (χ0) is 21.6. The number of ether oxygens (including phenoxy) is 2. The van der Waals surface area contributed by atoms with Crippen molar-refractivity contribution in [1.29, 1.82) is 0 Å². The first-order chi connectivity index (χ1) is 14.6. The maximum absolute atomic E-state index is 12.3. The van der Waals surface area contributed by atoms with E-state index in [1.165, 1.54) is 57.2 Å². The molecule has 0 fully saturated rings. The Morgan fingerprint density at radius 2 is 1.57 bits per heavy atom. The third-order valence-corrected chi connectivity index (χ3v) is 4.84. The van der Waals surface area contributed by atoms with Crippen LogP contribution in [0.15, 0.2) is 47.5 Å². The molecule has 0 saturated carbocycles. The summed E-state index contributed by atoms with van der Waals surface area (Å²) in [6.45, 7) is 2.92. The van der Waals surface area contributed by atoms with Crippen LogP contribution in [0.1, 0.15) is 74.2 Å². The van der Waals surface area contributed by atoms with E-state index in [1.807, 2.05) is 0 Å². The molecule has 5 heteroatoms. The first-order valence-electron chi connectivity index (χ1n) is 10.8. The number of hydrogen-bond acceptors (Lipinski definition) is 5. The van der Waals surface area contributed by atoms with Crippen LogP contribution in [0.5, 0.6) is 17.2 Å². The number of rotatable bonds is 13. The summed E-state index contributed by atoms with van der Waals surface area (Å²) in [5.74, 6) is 0.549. The Bertz CT molecular complexity index is 799. The van der Waals surface area contributed by atoms with Crippen LogP contribution in [-0.2, 0) is 0 Å². The molecular formula is C25H33NO4. The van der Waals surface area contributed by atoms with Gasteiger partial charge in [-0.1, -0.05) is 51.9 Å². The van der Waals surface area contributed by atoms with Crippen molar-refractivity contribution in [2.45, 2.75) is 58.3 Å². The minimum absolute atomic E-state index is 0.00982. The van der Waals surface area contributed by atoms with Gasteiger partial charge in [0.1, 0.15) is 17.2 Å². The maximum Gasteiger partial charge on any atom is 0.343 e. The predicted molar refractivity (Wildman–Crippen MR) is 121 cm³/mol. The quantitative estimate of drug-likeness (QED) is 0.185. The first kappa shape index (κ1) is 23.5. The Kier molecular flexibility index (Phi) is 10.5. The van der Waals surface area contributed by atoms with Gasteiger partial charge in [0.2, 0.25) is 0 Å². The fourth-order valence-corrected chi connectivity index (χ4v) is 3.11. The van der Waals surface area contributed by atoms with Gasteiger partial charge in [0.15, 0.2) is 0 Å². The van der Waals surface area contributed by atoms with Gasteiger partial charge < -0.3 is 14.6 Å². The number of aliphatic imine (C=N–C) groups is 1. The van der Waals surface area contributed by atoms with Crippen LogP contribution in [0.2, 0.25) is 0 Å². The number of phenolic OH excluding ortho intramolecular Hbond substituents is 1. The van der Waals surface area contributed by atoms with E-state index in [9.17, 15) is 9.90 Å². The molecule has 5 nitrogen and oxygen atoms in total. The summed E-state index contributed by atoms with van der Waals surface area (Å²) in [5.41, 5.74) is 0.989. The number of nitrogens with zero attached hydrogens (tertiary/aromatic N) is 1. The van der Waals surface area contributed by atoms with E-state index >= 15 is 0 Å². The number of benzene rings is 2. The van der Waals surface area contributed by atoms with Crippen molar-refractivity contribution in [3.63, 3.8) is 0 Å². The van der Waals surface area contributed by atoms with E-state index in [2.05, 4.69) is 11.9 Å². The molecule has 0 aliphatic carbocycles. The van der Waals surface area contributed by atoms with Gasteiger partial charge in [0.25, 0.3) is 0 Å². The van der Waals surface area contributed by atoms with Crippen LogP contribution in [0.4, 0.5) is 0 Å². The van der Waals surface area contributed by atoms with Crippen LogP contribution >= 0.6 is 0 Å². The van der Waals surface area contributed by atoms with Crippen LogP contribution < -0.4 is 9.47 Å². The Balaban J connectivity index is 1.72. The molecular weight excluding hydrogens is 378 g/mol. The van der Waals surface area contributed by atoms with Crippen LogP contribution in [-0.4, -0.2) is 30.9 Å². The van der Waals surface area contributed by atoms with Gasteiger partial charge in [-0.25, -0.2) is 4.79 Å². The molecule has 0 amide bonds. The highest BCUT2D eigenvalue weighted by molar-refractivity contribution is 5.91. The lowest BCUT2D eigenvalue weighted by atomic mass is 10.1. The zero-order valence-electron chi connectivity index (χ0n) is 18.1.